The molecular weight excluding hydrogens is 300 g/mol. The first-order valence-electron chi connectivity index (χ1n) is 9.77. The summed E-state index contributed by atoms with van der Waals surface area (Å²) in [4.78, 5) is 24.1. The van der Waals surface area contributed by atoms with Gasteiger partial charge in [0.05, 0.1) is 0 Å². The van der Waals surface area contributed by atoms with Crippen molar-refractivity contribution >= 4 is 11.6 Å². The van der Waals surface area contributed by atoms with Gasteiger partial charge in [0.2, 0.25) is 0 Å². The summed E-state index contributed by atoms with van der Waals surface area (Å²) in [7, 11) is 0. The summed E-state index contributed by atoms with van der Waals surface area (Å²) in [6.07, 6.45) is 10.3. The molecule has 3 nitrogen and oxygen atoms in total. The molecule has 0 saturated heterocycles. The van der Waals surface area contributed by atoms with Gasteiger partial charge in [0.15, 0.2) is 11.6 Å². The summed E-state index contributed by atoms with van der Waals surface area (Å²) < 4.78 is 0. The van der Waals surface area contributed by atoms with Crippen LogP contribution in [0, 0.1) is 34.5 Å². The van der Waals surface area contributed by atoms with E-state index in [9.17, 15) is 14.7 Å². The number of aliphatic hydroxyl groups excluding tert-OH is 1. The van der Waals surface area contributed by atoms with Crippen LogP contribution in [0.4, 0.5) is 0 Å². The second-order valence-electron chi connectivity index (χ2n) is 9.27. The van der Waals surface area contributed by atoms with Crippen LogP contribution in [0.15, 0.2) is 11.6 Å². The fourth-order valence-electron chi connectivity index (χ4n) is 7.20. The van der Waals surface area contributed by atoms with E-state index in [0.717, 1.165) is 32.1 Å². The van der Waals surface area contributed by atoms with Crippen molar-refractivity contribution in [3.05, 3.63) is 11.6 Å². The Morgan fingerprint density at radius 2 is 1.92 bits per heavy atom. The monoisotopic (exact) mass is 330 g/mol. The third kappa shape index (κ3) is 2.13. The van der Waals surface area contributed by atoms with Crippen molar-refractivity contribution in [2.24, 2.45) is 34.5 Å². The van der Waals surface area contributed by atoms with Crippen LogP contribution in [-0.4, -0.2) is 23.3 Å². The number of carbonyl (C=O) groups is 2. The molecule has 4 aliphatic carbocycles. The molecule has 4 aliphatic rings. The minimum absolute atomic E-state index is 0.0596. The Hall–Kier alpha value is -0.960. The molecule has 0 heterocycles. The van der Waals surface area contributed by atoms with Crippen molar-refractivity contribution in [2.75, 3.05) is 6.61 Å². The Balaban J connectivity index is 1.65. The molecule has 3 heteroatoms. The van der Waals surface area contributed by atoms with E-state index in [1.165, 1.54) is 18.4 Å². The Bertz CT molecular complexity index is 606. The lowest BCUT2D eigenvalue weighted by Gasteiger charge is -2.58. The standard InChI is InChI=1S/C21H30O3/c1-20-9-7-14(23)11-13(20)3-4-15-16-5-6-18(19(24)12-22)21(16,2)10-8-17(15)20/h11,15-18,22H,3-10,12H2,1-2H3/t15-,16-,17+,18+,20+,21+/m0/s1. The summed E-state index contributed by atoms with van der Waals surface area (Å²) in [5.41, 5.74) is 1.70. The SMILES string of the molecule is C[C@@]12CC[C@@H]3[C@@H](CCC4=CC(=O)CC[C@]43C)[C@@H]1CC[C@@H]2C(=O)CO. The molecule has 4 rings (SSSR count). The first-order chi connectivity index (χ1) is 11.4. The zero-order valence-corrected chi connectivity index (χ0v) is 15.0. The van der Waals surface area contributed by atoms with E-state index in [4.69, 9.17) is 0 Å². The third-order valence-electron chi connectivity index (χ3n) is 8.51. The molecule has 0 aliphatic heterocycles. The smallest absolute Gasteiger partial charge is 0.161 e. The predicted octanol–water partition coefficient (Wildman–Crippen LogP) is 3.70. The van der Waals surface area contributed by atoms with Gasteiger partial charge in [0.25, 0.3) is 0 Å². The summed E-state index contributed by atoms with van der Waals surface area (Å²) in [6, 6.07) is 0. The number of Topliss-reactive ketones (excluding diaryl/α,β-unsaturated/α-hetero) is 1. The average Bonchev–Trinajstić information content (AvgIpc) is 2.92. The number of rotatable bonds is 2. The van der Waals surface area contributed by atoms with Gasteiger partial charge in [-0.05, 0) is 79.6 Å². The summed E-state index contributed by atoms with van der Waals surface area (Å²) in [6.45, 7) is 4.42. The van der Waals surface area contributed by atoms with E-state index in [1.54, 1.807) is 0 Å². The zero-order chi connectivity index (χ0) is 17.1. The van der Waals surface area contributed by atoms with Crippen LogP contribution in [0.25, 0.3) is 0 Å². The van der Waals surface area contributed by atoms with Crippen molar-refractivity contribution in [1.82, 2.24) is 0 Å². The number of fused-ring (bicyclic) bond motifs is 5. The van der Waals surface area contributed by atoms with Crippen molar-refractivity contribution in [3.8, 4) is 0 Å². The Morgan fingerprint density at radius 1 is 1.12 bits per heavy atom. The fourth-order valence-corrected chi connectivity index (χ4v) is 7.20. The molecule has 0 radical (unpaired) electrons. The summed E-state index contributed by atoms with van der Waals surface area (Å²) >= 11 is 0. The topological polar surface area (TPSA) is 54.4 Å². The Labute approximate surface area is 144 Å². The van der Waals surface area contributed by atoms with Crippen LogP contribution in [0.5, 0.6) is 0 Å². The van der Waals surface area contributed by atoms with Gasteiger partial charge in [0.1, 0.15) is 6.61 Å². The van der Waals surface area contributed by atoms with Gasteiger partial charge in [-0.15, -0.1) is 0 Å². The first-order valence-corrected chi connectivity index (χ1v) is 9.77. The molecule has 3 fully saturated rings. The second-order valence-corrected chi connectivity index (χ2v) is 9.27. The highest BCUT2D eigenvalue weighted by atomic mass is 16.3. The Morgan fingerprint density at radius 3 is 2.67 bits per heavy atom. The minimum Gasteiger partial charge on any atom is -0.389 e. The van der Waals surface area contributed by atoms with Crippen molar-refractivity contribution < 1.29 is 14.7 Å². The minimum atomic E-state index is -0.298. The molecule has 1 N–H and O–H groups in total. The molecule has 0 unspecified atom stereocenters. The second kappa shape index (κ2) is 5.52. The highest BCUT2D eigenvalue weighted by Gasteiger charge is 2.59. The van der Waals surface area contributed by atoms with E-state index in [0.29, 0.717) is 30.0 Å². The van der Waals surface area contributed by atoms with Crippen LogP contribution >= 0.6 is 0 Å². The summed E-state index contributed by atoms with van der Waals surface area (Å²) in [5.74, 6) is 2.42. The van der Waals surface area contributed by atoms with E-state index in [-0.39, 0.29) is 29.1 Å². The number of hydrogen-bond acceptors (Lipinski definition) is 3. The van der Waals surface area contributed by atoms with Gasteiger partial charge in [0, 0.05) is 12.3 Å². The van der Waals surface area contributed by atoms with Gasteiger partial charge >= 0.3 is 0 Å². The lowest BCUT2D eigenvalue weighted by molar-refractivity contribution is -0.133. The van der Waals surface area contributed by atoms with Crippen molar-refractivity contribution in [1.29, 1.82) is 0 Å². The van der Waals surface area contributed by atoms with Gasteiger partial charge in [-0.25, -0.2) is 0 Å². The van der Waals surface area contributed by atoms with Gasteiger partial charge < -0.3 is 5.11 Å². The molecular formula is C21H30O3. The van der Waals surface area contributed by atoms with Gasteiger partial charge in [-0.3, -0.25) is 9.59 Å². The molecule has 0 bridgehead atoms. The molecule has 0 aromatic carbocycles. The van der Waals surface area contributed by atoms with Crippen molar-refractivity contribution in [2.45, 2.75) is 65.2 Å². The van der Waals surface area contributed by atoms with E-state index >= 15 is 0 Å². The van der Waals surface area contributed by atoms with Crippen LogP contribution in [0.1, 0.15) is 65.2 Å². The molecule has 6 atom stereocenters. The summed E-state index contributed by atoms with van der Waals surface area (Å²) in [5, 5.41) is 9.36. The van der Waals surface area contributed by atoms with Gasteiger partial charge in [-0.2, -0.15) is 0 Å². The maximum absolute atomic E-state index is 12.3. The van der Waals surface area contributed by atoms with Crippen LogP contribution in [0.3, 0.4) is 0 Å². The van der Waals surface area contributed by atoms with E-state index in [2.05, 4.69) is 13.8 Å². The first kappa shape index (κ1) is 16.5. The van der Waals surface area contributed by atoms with E-state index < -0.39 is 0 Å². The van der Waals surface area contributed by atoms with Crippen LogP contribution < -0.4 is 0 Å². The average molecular weight is 330 g/mol. The molecule has 0 amide bonds. The number of aliphatic hydroxyl groups is 1. The third-order valence-corrected chi connectivity index (χ3v) is 8.51. The zero-order valence-electron chi connectivity index (χ0n) is 15.0. The highest BCUT2D eigenvalue weighted by Crippen LogP contribution is 2.66. The number of ketones is 2. The molecule has 24 heavy (non-hydrogen) atoms. The maximum Gasteiger partial charge on any atom is 0.161 e. The molecule has 0 aromatic rings. The fraction of sp³-hybridized carbons (Fsp3) is 0.810. The predicted molar refractivity (Wildman–Crippen MR) is 92.3 cm³/mol. The lowest BCUT2D eigenvalue weighted by Crippen LogP contribution is -2.51. The van der Waals surface area contributed by atoms with Crippen LogP contribution in [-0.2, 0) is 9.59 Å². The number of hydrogen-bond donors (Lipinski definition) is 1. The lowest BCUT2D eigenvalue weighted by atomic mass is 9.46. The molecule has 0 aromatic heterocycles. The number of allylic oxidation sites excluding steroid dienone is 1. The van der Waals surface area contributed by atoms with Gasteiger partial charge in [-0.1, -0.05) is 19.4 Å². The highest BCUT2D eigenvalue weighted by molar-refractivity contribution is 5.91. The molecule has 0 spiro atoms. The largest absolute Gasteiger partial charge is 0.389 e. The van der Waals surface area contributed by atoms with Crippen LogP contribution in [0.2, 0.25) is 0 Å². The normalized spacial score (nSPS) is 47.5. The quantitative estimate of drug-likeness (QED) is 0.840. The molecule has 3 saturated carbocycles. The number of carbonyl (C=O) groups excluding carboxylic acids is 2. The molecule has 132 valence electrons. The maximum atomic E-state index is 12.3. The van der Waals surface area contributed by atoms with E-state index in [1.807, 2.05) is 6.08 Å². The van der Waals surface area contributed by atoms with Crippen molar-refractivity contribution in [3.63, 3.8) is 0 Å². The Kier molecular flexibility index (Phi) is 3.80.